The molecule has 0 aliphatic rings. The maximum absolute atomic E-state index is 11.2. The predicted octanol–water partition coefficient (Wildman–Crippen LogP) is 3.08. The Labute approximate surface area is 127 Å². The molecule has 0 aromatic carbocycles. The lowest BCUT2D eigenvalue weighted by atomic mass is 9.85. The molecule has 6 nitrogen and oxygen atoms in total. The number of carboxylic acids is 1. The molecular weight excluding hydrogens is 288 g/mol. The zero-order chi connectivity index (χ0) is 15.8. The first-order chi connectivity index (χ1) is 9.70. The van der Waals surface area contributed by atoms with Crippen molar-refractivity contribution in [1.82, 2.24) is 20.2 Å². The fraction of sp³-hybridized carbons (Fsp3) is 0.571. The Morgan fingerprint density at radius 1 is 1.43 bits per heavy atom. The van der Waals surface area contributed by atoms with Gasteiger partial charge in [0.25, 0.3) is 0 Å². The zero-order valence-electron chi connectivity index (χ0n) is 12.9. The number of thiophene rings is 1. The Balaban J connectivity index is 2.48. The van der Waals surface area contributed by atoms with Crippen molar-refractivity contribution in [3.8, 4) is 10.7 Å². The monoisotopic (exact) mass is 308 g/mol. The molecule has 2 aromatic rings. The quantitative estimate of drug-likeness (QED) is 0.938. The van der Waals surface area contributed by atoms with E-state index in [1.54, 1.807) is 16.0 Å². The van der Waals surface area contributed by atoms with Gasteiger partial charge in [-0.2, -0.15) is 0 Å². The van der Waals surface area contributed by atoms with E-state index < -0.39 is 5.97 Å². The Morgan fingerprint density at radius 2 is 2.10 bits per heavy atom. The molecule has 1 atom stereocenters. The van der Waals surface area contributed by atoms with Crippen LogP contribution in [0, 0.1) is 19.3 Å². The van der Waals surface area contributed by atoms with Crippen LogP contribution in [0.25, 0.3) is 10.7 Å². The van der Waals surface area contributed by atoms with Crippen LogP contribution in [0.15, 0.2) is 6.07 Å². The molecule has 0 radical (unpaired) electrons. The van der Waals surface area contributed by atoms with Gasteiger partial charge in [-0.1, -0.05) is 20.8 Å². The van der Waals surface area contributed by atoms with Crippen LogP contribution in [-0.2, 0) is 4.79 Å². The first-order valence-electron chi connectivity index (χ1n) is 6.77. The Morgan fingerprint density at radius 3 is 2.57 bits per heavy atom. The third-order valence-corrected chi connectivity index (χ3v) is 4.69. The lowest BCUT2D eigenvalue weighted by molar-refractivity contribution is -0.138. The van der Waals surface area contributed by atoms with Gasteiger partial charge < -0.3 is 5.11 Å². The van der Waals surface area contributed by atoms with Crippen molar-refractivity contribution in [3.63, 3.8) is 0 Å². The molecule has 21 heavy (non-hydrogen) atoms. The summed E-state index contributed by atoms with van der Waals surface area (Å²) in [5, 5.41) is 21.1. The van der Waals surface area contributed by atoms with E-state index >= 15 is 0 Å². The van der Waals surface area contributed by atoms with Crippen molar-refractivity contribution in [3.05, 3.63) is 16.5 Å². The van der Waals surface area contributed by atoms with E-state index in [4.69, 9.17) is 0 Å². The largest absolute Gasteiger partial charge is 0.481 e. The molecule has 114 valence electrons. The summed E-state index contributed by atoms with van der Waals surface area (Å²) in [5.41, 5.74) is 0.930. The van der Waals surface area contributed by atoms with E-state index in [0.29, 0.717) is 5.82 Å². The van der Waals surface area contributed by atoms with Crippen LogP contribution in [0.5, 0.6) is 0 Å². The van der Waals surface area contributed by atoms with E-state index in [2.05, 4.69) is 22.4 Å². The molecule has 0 saturated heterocycles. The minimum Gasteiger partial charge on any atom is -0.481 e. The molecule has 7 heteroatoms. The fourth-order valence-electron chi connectivity index (χ4n) is 2.17. The number of aryl methyl sites for hydroxylation is 2. The Hall–Kier alpha value is -1.76. The molecule has 0 aliphatic carbocycles. The topological polar surface area (TPSA) is 80.9 Å². The standard InChI is InChI=1S/C14H20N4O2S/c1-8-6-10(21-9(8)2)13-15-16-17-18(13)11(7-12(19)20)14(3,4)5/h6,11H,7H2,1-5H3,(H,19,20). The third-order valence-electron chi connectivity index (χ3n) is 3.54. The van der Waals surface area contributed by atoms with Crippen LogP contribution in [0.1, 0.15) is 43.7 Å². The number of carboxylic acid groups (broad SMARTS) is 1. The number of aromatic nitrogens is 4. The van der Waals surface area contributed by atoms with Crippen LogP contribution < -0.4 is 0 Å². The normalized spacial score (nSPS) is 13.4. The molecule has 2 heterocycles. The fourth-order valence-corrected chi connectivity index (χ4v) is 3.19. The summed E-state index contributed by atoms with van der Waals surface area (Å²) in [6.45, 7) is 10.1. The van der Waals surface area contributed by atoms with E-state index in [0.717, 1.165) is 4.88 Å². The van der Waals surface area contributed by atoms with Crippen molar-refractivity contribution >= 4 is 17.3 Å². The number of tetrazole rings is 1. The number of hydrogen-bond donors (Lipinski definition) is 1. The number of rotatable bonds is 4. The van der Waals surface area contributed by atoms with Gasteiger partial charge in [-0.25, -0.2) is 4.68 Å². The number of nitrogens with zero attached hydrogens (tertiary/aromatic N) is 4. The summed E-state index contributed by atoms with van der Waals surface area (Å²) < 4.78 is 1.65. The summed E-state index contributed by atoms with van der Waals surface area (Å²) in [6, 6.07) is 1.74. The zero-order valence-corrected chi connectivity index (χ0v) is 13.7. The van der Waals surface area contributed by atoms with Gasteiger partial charge in [-0.05, 0) is 41.3 Å². The molecule has 1 N–H and O–H groups in total. The second-order valence-corrected chi connectivity index (χ2v) is 7.53. The number of hydrogen-bond acceptors (Lipinski definition) is 5. The summed E-state index contributed by atoms with van der Waals surface area (Å²) >= 11 is 1.62. The lowest BCUT2D eigenvalue weighted by Gasteiger charge is -2.29. The minimum atomic E-state index is -0.852. The highest BCUT2D eigenvalue weighted by Gasteiger charge is 2.32. The summed E-state index contributed by atoms with van der Waals surface area (Å²) in [4.78, 5) is 13.4. The highest BCUT2D eigenvalue weighted by Crippen LogP contribution is 2.37. The SMILES string of the molecule is Cc1cc(-c2nnnn2C(CC(=O)O)C(C)(C)C)sc1C. The molecule has 0 spiro atoms. The van der Waals surface area contributed by atoms with Crippen LogP contribution >= 0.6 is 11.3 Å². The van der Waals surface area contributed by atoms with Gasteiger partial charge in [-0.15, -0.1) is 16.4 Å². The van der Waals surface area contributed by atoms with Crippen molar-refractivity contribution in [1.29, 1.82) is 0 Å². The van der Waals surface area contributed by atoms with E-state index in [-0.39, 0.29) is 17.9 Å². The Bertz CT molecular complexity index is 635. The van der Waals surface area contributed by atoms with Crippen LogP contribution in [0.4, 0.5) is 0 Å². The average Bonchev–Trinajstić information content (AvgIpc) is 2.92. The minimum absolute atomic E-state index is 0.00905. The van der Waals surface area contributed by atoms with Gasteiger partial charge in [0, 0.05) is 4.88 Å². The van der Waals surface area contributed by atoms with Crippen molar-refractivity contribution in [2.75, 3.05) is 0 Å². The molecule has 1 unspecified atom stereocenters. The summed E-state index contributed by atoms with van der Waals surface area (Å²) in [5.74, 6) is -0.215. The Kier molecular flexibility index (Phi) is 4.13. The maximum atomic E-state index is 11.2. The first kappa shape index (κ1) is 15.6. The second-order valence-electron chi connectivity index (χ2n) is 6.28. The first-order valence-corrected chi connectivity index (χ1v) is 7.59. The third kappa shape index (κ3) is 3.29. The van der Waals surface area contributed by atoms with Gasteiger partial charge in [-0.3, -0.25) is 4.79 Å². The van der Waals surface area contributed by atoms with E-state index in [1.807, 2.05) is 33.8 Å². The highest BCUT2D eigenvalue weighted by atomic mass is 32.1. The van der Waals surface area contributed by atoms with Crippen LogP contribution in [0.3, 0.4) is 0 Å². The van der Waals surface area contributed by atoms with Crippen LogP contribution in [0.2, 0.25) is 0 Å². The van der Waals surface area contributed by atoms with Crippen molar-refractivity contribution in [2.24, 2.45) is 5.41 Å². The molecule has 0 fully saturated rings. The number of carbonyl (C=O) groups is 1. The van der Waals surface area contributed by atoms with E-state index in [1.165, 1.54) is 10.4 Å². The van der Waals surface area contributed by atoms with Crippen molar-refractivity contribution in [2.45, 2.75) is 47.1 Å². The number of aliphatic carboxylic acids is 1. The average molecular weight is 308 g/mol. The van der Waals surface area contributed by atoms with Gasteiger partial charge in [0.05, 0.1) is 17.3 Å². The van der Waals surface area contributed by atoms with Gasteiger partial charge >= 0.3 is 5.97 Å². The summed E-state index contributed by atoms with van der Waals surface area (Å²) in [6.07, 6.45) is -0.00905. The molecule has 0 amide bonds. The van der Waals surface area contributed by atoms with Gasteiger partial charge in [0.15, 0.2) is 5.82 Å². The predicted molar refractivity (Wildman–Crippen MR) is 81.3 cm³/mol. The maximum Gasteiger partial charge on any atom is 0.305 e. The molecular formula is C14H20N4O2S. The molecule has 0 bridgehead atoms. The molecule has 2 aromatic heterocycles. The summed E-state index contributed by atoms with van der Waals surface area (Å²) in [7, 11) is 0. The second kappa shape index (κ2) is 5.55. The highest BCUT2D eigenvalue weighted by molar-refractivity contribution is 7.15. The van der Waals surface area contributed by atoms with Gasteiger partial charge in [0.2, 0.25) is 0 Å². The molecule has 2 rings (SSSR count). The smallest absolute Gasteiger partial charge is 0.305 e. The molecule has 0 aliphatic heterocycles. The molecule has 0 saturated carbocycles. The van der Waals surface area contributed by atoms with Crippen LogP contribution in [-0.4, -0.2) is 31.3 Å². The van der Waals surface area contributed by atoms with Gasteiger partial charge in [0.1, 0.15) is 0 Å². The lowest BCUT2D eigenvalue weighted by Crippen LogP contribution is -2.28. The van der Waals surface area contributed by atoms with E-state index in [9.17, 15) is 9.90 Å². The van der Waals surface area contributed by atoms with Crippen molar-refractivity contribution < 1.29 is 9.90 Å².